The molecular weight excluding hydrogens is 254 g/mol. The number of nitrogen functional groups attached to an aromatic ring is 1. The lowest BCUT2D eigenvalue weighted by Crippen LogP contribution is -2.30. The van der Waals surface area contributed by atoms with E-state index in [1.807, 2.05) is 17.7 Å². The van der Waals surface area contributed by atoms with Crippen LogP contribution in [0.2, 0.25) is 0 Å². The highest BCUT2D eigenvalue weighted by molar-refractivity contribution is 5.93. The lowest BCUT2D eigenvalue weighted by molar-refractivity contribution is 0.0953. The Morgan fingerprint density at radius 1 is 1.40 bits per heavy atom. The van der Waals surface area contributed by atoms with Crippen LogP contribution >= 0.6 is 0 Å². The number of carbonyl (C=O) groups is 1. The number of carbonyl (C=O) groups excluding carboxylic acids is 1. The molecule has 20 heavy (non-hydrogen) atoms. The van der Waals surface area contributed by atoms with E-state index in [0.717, 1.165) is 23.5 Å². The Morgan fingerprint density at radius 2 is 2.15 bits per heavy atom. The molecule has 6 heteroatoms. The summed E-state index contributed by atoms with van der Waals surface area (Å²) < 4.78 is 1.94. The average Bonchev–Trinajstić information content (AvgIpc) is 2.73. The van der Waals surface area contributed by atoms with Crippen molar-refractivity contribution in [1.82, 2.24) is 20.2 Å². The number of hydrogen-bond donors (Lipinski definition) is 2. The number of hydrogen-bond acceptors (Lipinski definition) is 4. The average molecular weight is 273 g/mol. The molecule has 0 aromatic carbocycles. The minimum atomic E-state index is -0.344. The summed E-state index contributed by atoms with van der Waals surface area (Å²) in [4.78, 5) is 15.6. The van der Waals surface area contributed by atoms with Crippen LogP contribution < -0.4 is 11.3 Å². The van der Waals surface area contributed by atoms with Gasteiger partial charge in [-0.25, -0.2) is 5.84 Å². The second-order valence-corrected chi connectivity index (χ2v) is 4.67. The predicted molar refractivity (Wildman–Crippen MR) is 76.1 cm³/mol. The van der Waals surface area contributed by atoms with Gasteiger partial charge < -0.3 is 0 Å². The van der Waals surface area contributed by atoms with E-state index >= 15 is 0 Å². The van der Waals surface area contributed by atoms with Crippen LogP contribution in [0, 0.1) is 13.8 Å². The first-order valence-electron chi connectivity index (χ1n) is 6.55. The third-order valence-corrected chi connectivity index (χ3v) is 3.41. The topological polar surface area (TPSA) is 85.8 Å². The molecule has 2 aromatic heterocycles. The van der Waals surface area contributed by atoms with Crippen LogP contribution in [0.4, 0.5) is 0 Å². The van der Waals surface area contributed by atoms with Crippen molar-refractivity contribution >= 4 is 5.91 Å². The largest absolute Gasteiger partial charge is 0.290 e. The Hall–Kier alpha value is -2.21. The van der Waals surface area contributed by atoms with Gasteiger partial charge in [0.15, 0.2) is 0 Å². The van der Waals surface area contributed by atoms with Crippen LogP contribution in [-0.2, 0) is 13.0 Å². The lowest BCUT2D eigenvalue weighted by Gasteiger charge is -2.05. The molecule has 0 unspecified atom stereocenters. The van der Waals surface area contributed by atoms with E-state index in [1.165, 1.54) is 11.8 Å². The first-order valence-corrected chi connectivity index (χ1v) is 6.55. The van der Waals surface area contributed by atoms with E-state index in [1.54, 1.807) is 6.07 Å². The molecule has 0 spiro atoms. The monoisotopic (exact) mass is 273 g/mol. The fourth-order valence-electron chi connectivity index (χ4n) is 2.29. The molecule has 0 aliphatic heterocycles. The number of aryl methyl sites for hydroxylation is 1. The van der Waals surface area contributed by atoms with Gasteiger partial charge in [-0.2, -0.15) is 5.10 Å². The van der Waals surface area contributed by atoms with Crippen LogP contribution in [0.5, 0.6) is 0 Å². The first-order chi connectivity index (χ1) is 9.56. The van der Waals surface area contributed by atoms with Gasteiger partial charge in [-0.1, -0.05) is 6.92 Å². The third-order valence-electron chi connectivity index (χ3n) is 3.41. The number of pyridine rings is 1. The van der Waals surface area contributed by atoms with Gasteiger partial charge in [0.2, 0.25) is 0 Å². The molecular formula is C14H19N5O. The second-order valence-electron chi connectivity index (χ2n) is 4.67. The van der Waals surface area contributed by atoms with E-state index in [0.29, 0.717) is 12.1 Å². The standard InChI is InChI=1S/C14H19N5O/c1-4-13-9(2)18-19(10(13)3)8-12-6-5-11(7-16-12)14(20)17-15/h5-7H,4,8,15H2,1-3H3,(H,17,20). The van der Waals surface area contributed by atoms with E-state index in [4.69, 9.17) is 5.84 Å². The number of nitrogens with zero attached hydrogens (tertiary/aromatic N) is 3. The molecule has 1 amide bonds. The summed E-state index contributed by atoms with van der Waals surface area (Å²) in [5.74, 6) is 4.73. The summed E-state index contributed by atoms with van der Waals surface area (Å²) in [6, 6.07) is 3.52. The Bertz CT molecular complexity index is 615. The highest BCUT2D eigenvalue weighted by atomic mass is 16.2. The molecule has 106 valence electrons. The number of aromatic nitrogens is 3. The van der Waals surface area contributed by atoms with Crippen LogP contribution in [0.3, 0.4) is 0 Å². The van der Waals surface area contributed by atoms with Crippen LogP contribution in [0.15, 0.2) is 18.3 Å². The maximum absolute atomic E-state index is 11.3. The quantitative estimate of drug-likeness (QED) is 0.496. The molecule has 0 atom stereocenters. The molecule has 2 aromatic rings. The van der Waals surface area contributed by atoms with Gasteiger partial charge in [-0.05, 0) is 38.0 Å². The van der Waals surface area contributed by atoms with Gasteiger partial charge in [-0.3, -0.25) is 19.9 Å². The number of amides is 1. The van der Waals surface area contributed by atoms with Crippen LogP contribution in [-0.4, -0.2) is 20.7 Å². The molecule has 0 aliphatic rings. The molecule has 2 heterocycles. The molecule has 2 rings (SSSR count). The van der Waals surface area contributed by atoms with Crippen LogP contribution in [0.1, 0.15) is 39.9 Å². The summed E-state index contributed by atoms with van der Waals surface area (Å²) in [6.07, 6.45) is 2.49. The van der Waals surface area contributed by atoms with Gasteiger partial charge in [0.25, 0.3) is 5.91 Å². The zero-order chi connectivity index (χ0) is 14.7. The predicted octanol–water partition coefficient (Wildman–Crippen LogP) is 1.11. The molecule has 0 aliphatic carbocycles. The fourth-order valence-corrected chi connectivity index (χ4v) is 2.29. The number of nitrogens with one attached hydrogen (secondary N) is 1. The van der Waals surface area contributed by atoms with Crippen LogP contribution in [0.25, 0.3) is 0 Å². The van der Waals surface area contributed by atoms with Crippen molar-refractivity contribution in [2.75, 3.05) is 0 Å². The number of nitrogens with two attached hydrogens (primary N) is 1. The maximum atomic E-state index is 11.3. The van der Waals surface area contributed by atoms with Crippen molar-refractivity contribution < 1.29 is 4.79 Å². The minimum Gasteiger partial charge on any atom is -0.290 e. The van der Waals surface area contributed by atoms with Crippen molar-refractivity contribution in [3.05, 3.63) is 46.5 Å². The maximum Gasteiger partial charge on any atom is 0.266 e. The zero-order valence-corrected chi connectivity index (χ0v) is 12.0. The zero-order valence-electron chi connectivity index (χ0n) is 12.0. The second kappa shape index (κ2) is 5.83. The molecule has 6 nitrogen and oxygen atoms in total. The molecule has 0 saturated carbocycles. The van der Waals surface area contributed by atoms with Gasteiger partial charge in [0.05, 0.1) is 23.5 Å². The summed E-state index contributed by atoms with van der Waals surface area (Å²) >= 11 is 0. The van der Waals surface area contributed by atoms with Crippen molar-refractivity contribution in [2.45, 2.75) is 33.7 Å². The third kappa shape index (κ3) is 2.70. The summed E-state index contributed by atoms with van der Waals surface area (Å²) in [7, 11) is 0. The fraction of sp³-hybridized carbons (Fsp3) is 0.357. The highest BCUT2D eigenvalue weighted by Gasteiger charge is 2.10. The van der Waals surface area contributed by atoms with E-state index in [2.05, 4.69) is 29.4 Å². The van der Waals surface area contributed by atoms with Gasteiger partial charge in [0, 0.05) is 11.9 Å². The SMILES string of the molecule is CCc1c(C)nn(Cc2ccc(C(=O)NN)cn2)c1C. The smallest absolute Gasteiger partial charge is 0.266 e. The summed E-state index contributed by atoms with van der Waals surface area (Å²) in [5.41, 5.74) is 6.88. The lowest BCUT2D eigenvalue weighted by atomic mass is 10.1. The summed E-state index contributed by atoms with van der Waals surface area (Å²) in [6.45, 7) is 6.80. The molecule has 0 radical (unpaired) electrons. The van der Waals surface area contributed by atoms with Gasteiger partial charge in [0.1, 0.15) is 0 Å². The van der Waals surface area contributed by atoms with Gasteiger partial charge in [-0.15, -0.1) is 0 Å². The Balaban J connectivity index is 2.20. The molecule has 0 bridgehead atoms. The van der Waals surface area contributed by atoms with Gasteiger partial charge >= 0.3 is 0 Å². The molecule has 0 fully saturated rings. The van der Waals surface area contributed by atoms with E-state index in [-0.39, 0.29) is 5.91 Å². The van der Waals surface area contributed by atoms with Crippen molar-refractivity contribution in [3.8, 4) is 0 Å². The number of hydrazine groups is 1. The summed E-state index contributed by atoms with van der Waals surface area (Å²) in [5, 5.41) is 4.53. The minimum absolute atomic E-state index is 0.344. The first kappa shape index (κ1) is 14.2. The highest BCUT2D eigenvalue weighted by Crippen LogP contribution is 2.14. The Morgan fingerprint density at radius 3 is 2.65 bits per heavy atom. The number of rotatable bonds is 4. The van der Waals surface area contributed by atoms with Crippen molar-refractivity contribution in [3.63, 3.8) is 0 Å². The molecule has 0 saturated heterocycles. The molecule has 3 N–H and O–H groups in total. The van der Waals surface area contributed by atoms with E-state index < -0.39 is 0 Å². The van der Waals surface area contributed by atoms with Crippen molar-refractivity contribution in [2.24, 2.45) is 5.84 Å². The normalized spacial score (nSPS) is 10.6. The van der Waals surface area contributed by atoms with E-state index in [9.17, 15) is 4.79 Å². The Labute approximate surface area is 118 Å². The van der Waals surface area contributed by atoms with Crippen molar-refractivity contribution in [1.29, 1.82) is 0 Å². The Kier molecular flexibility index (Phi) is 4.14.